The summed E-state index contributed by atoms with van der Waals surface area (Å²) in [6, 6.07) is 10.5. The quantitative estimate of drug-likeness (QED) is 0.712. The molecule has 1 fully saturated rings. The summed E-state index contributed by atoms with van der Waals surface area (Å²) in [5.74, 6) is 0. The van der Waals surface area contributed by atoms with Crippen molar-refractivity contribution >= 4 is 0 Å². The molecule has 1 aromatic rings. The minimum atomic E-state index is -0.654. The number of likely N-dealkylation sites (tertiary alicyclic amines) is 1. The fourth-order valence-corrected chi connectivity index (χ4v) is 2.72. The average Bonchev–Trinajstić information content (AvgIpc) is 2.28. The van der Waals surface area contributed by atoms with Gasteiger partial charge in [-0.1, -0.05) is 30.3 Å². The van der Waals surface area contributed by atoms with Crippen molar-refractivity contribution in [1.82, 2.24) is 4.90 Å². The van der Waals surface area contributed by atoms with E-state index in [1.165, 1.54) is 5.56 Å². The highest BCUT2D eigenvalue weighted by Gasteiger charge is 2.35. The van der Waals surface area contributed by atoms with E-state index in [1.807, 2.05) is 18.2 Å². The number of halogens is 1. The van der Waals surface area contributed by atoms with Crippen molar-refractivity contribution in [2.75, 3.05) is 6.54 Å². The minimum Gasteiger partial charge on any atom is -0.291 e. The number of benzene rings is 1. The molecule has 2 rings (SSSR count). The average molecular weight is 235 g/mol. The van der Waals surface area contributed by atoms with E-state index < -0.39 is 6.17 Å². The number of rotatable bonds is 1. The third-order valence-electron chi connectivity index (χ3n) is 3.58. The SMILES string of the molecule is CC(C)(C)N1CC[C@H](F)C[C@@H]1c1ccccc1. The second-order valence-corrected chi connectivity index (χ2v) is 5.91. The van der Waals surface area contributed by atoms with Crippen LogP contribution in [-0.4, -0.2) is 23.2 Å². The Morgan fingerprint density at radius 2 is 1.82 bits per heavy atom. The molecule has 0 bridgehead atoms. The van der Waals surface area contributed by atoms with Gasteiger partial charge >= 0.3 is 0 Å². The van der Waals surface area contributed by atoms with Crippen LogP contribution in [-0.2, 0) is 0 Å². The van der Waals surface area contributed by atoms with Crippen LogP contribution in [0.25, 0.3) is 0 Å². The van der Waals surface area contributed by atoms with Crippen LogP contribution in [0.3, 0.4) is 0 Å². The van der Waals surface area contributed by atoms with Crippen LogP contribution in [0.4, 0.5) is 4.39 Å². The zero-order chi connectivity index (χ0) is 12.5. The molecule has 0 saturated carbocycles. The van der Waals surface area contributed by atoms with Crippen molar-refractivity contribution in [2.24, 2.45) is 0 Å². The number of nitrogens with zero attached hydrogens (tertiary/aromatic N) is 1. The fraction of sp³-hybridized carbons (Fsp3) is 0.600. The molecule has 0 aliphatic carbocycles. The summed E-state index contributed by atoms with van der Waals surface area (Å²) >= 11 is 0. The maximum atomic E-state index is 13.7. The summed E-state index contributed by atoms with van der Waals surface area (Å²) in [5.41, 5.74) is 1.34. The third-order valence-corrected chi connectivity index (χ3v) is 3.58. The molecule has 0 radical (unpaired) electrons. The molecule has 17 heavy (non-hydrogen) atoms. The van der Waals surface area contributed by atoms with Gasteiger partial charge in [-0.25, -0.2) is 4.39 Å². The normalized spacial score (nSPS) is 27.1. The van der Waals surface area contributed by atoms with E-state index in [9.17, 15) is 4.39 Å². The lowest BCUT2D eigenvalue weighted by atomic mass is 9.89. The highest BCUT2D eigenvalue weighted by molar-refractivity contribution is 5.20. The molecule has 0 spiro atoms. The first-order chi connectivity index (χ1) is 7.98. The van der Waals surface area contributed by atoms with Crippen molar-refractivity contribution in [3.63, 3.8) is 0 Å². The highest BCUT2D eigenvalue weighted by atomic mass is 19.1. The Bertz CT molecular complexity index is 355. The Hall–Kier alpha value is -0.890. The first kappa shape index (κ1) is 12.6. The van der Waals surface area contributed by atoms with Gasteiger partial charge in [-0.15, -0.1) is 0 Å². The van der Waals surface area contributed by atoms with Crippen molar-refractivity contribution in [1.29, 1.82) is 0 Å². The molecule has 1 aliphatic rings. The van der Waals surface area contributed by atoms with Gasteiger partial charge in [0.25, 0.3) is 0 Å². The molecule has 1 aromatic carbocycles. The fourth-order valence-electron chi connectivity index (χ4n) is 2.72. The maximum Gasteiger partial charge on any atom is 0.103 e. The first-order valence-corrected chi connectivity index (χ1v) is 6.44. The van der Waals surface area contributed by atoms with E-state index in [4.69, 9.17) is 0 Å². The van der Waals surface area contributed by atoms with Crippen molar-refractivity contribution in [3.05, 3.63) is 35.9 Å². The lowest BCUT2D eigenvalue weighted by Gasteiger charge is -2.45. The number of hydrogen-bond donors (Lipinski definition) is 0. The van der Waals surface area contributed by atoms with Crippen LogP contribution < -0.4 is 0 Å². The standard InChI is InChI=1S/C15H22FN/c1-15(2,3)17-10-9-13(16)11-14(17)12-7-5-4-6-8-12/h4-8,13-14H,9-11H2,1-3H3/t13-,14+/m0/s1. The van der Waals surface area contributed by atoms with Crippen LogP contribution in [0.1, 0.15) is 45.2 Å². The van der Waals surface area contributed by atoms with Gasteiger partial charge < -0.3 is 0 Å². The monoisotopic (exact) mass is 235 g/mol. The lowest BCUT2D eigenvalue weighted by Crippen LogP contribution is -2.48. The van der Waals surface area contributed by atoms with Gasteiger partial charge in [-0.3, -0.25) is 4.90 Å². The highest BCUT2D eigenvalue weighted by Crippen LogP contribution is 2.36. The maximum absolute atomic E-state index is 13.7. The summed E-state index contributed by atoms with van der Waals surface area (Å²) in [4.78, 5) is 2.43. The van der Waals surface area contributed by atoms with E-state index in [1.54, 1.807) is 0 Å². The largest absolute Gasteiger partial charge is 0.291 e. The van der Waals surface area contributed by atoms with Gasteiger partial charge in [0.1, 0.15) is 6.17 Å². The summed E-state index contributed by atoms with van der Waals surface area (Å²) in [6.45, 7) is 7.48. The van der Waals surface area contributed by atoms with Crippen LogP contribution in [0.15, 0.2) is 30.3 Å². The van der Waals surface area contributed by atoms with Gasteiger partial charge in [-0.2, -0.15) is 0 Å². The smallest absolute Gasteiger partial charge is 0.103 e. The van der Waals surface area contributed by atoms with Crippen molar-refractivity contribution in [3.8, 4) is 0 Å². The van der Waals surface area contributed by atoms with Crippen molar-refractivity contribution < 1.29 is 4.39 Å². The molecule has 0 amide bonds. The Balaban J connectivity index is 2.26. The zero-order valence-corrected chi connectivity index (χ0v) is 11.0. The van der Waals surface area contributed by atoms with Crippen LogP contribution in [0, 0.1) is 0 Å². The van der Waals surface area contributed by atoms with Gasteiger partial charge in [0.2, 0.25) is 0 Å². The van der Waals surface area contributed by atoms with E-state index in [0.717, 1.165) is 6.54 Å². The third kappa shape index (κ3) is 2.86. The predicted octanol–water partition coefficient (Wildman–Crippen LogP) is 3.96. The van der Waals surface area contributed by atoms with E-state index >= 15 is 0 Å². The van der Waals surface area contributed by atoms with E-state index in [2.05, 4.69) is 37.8 Å². The Morgan fingerprint density at radius 1 is 1.18 bits per heavy atom. The Morgan fingerprint density at radius 3 is 2.41 bits per heavy atom. The molecule has 1 aliphatic heterocycles. The molecule has 2 atom stereocenters. The zero-order valence-electron chi connectivity index (χ0n) is 11.0. The molecular weight excluding hydrogens is 213 g/mol. The Labute approximate surface area is 104 Å². The molecule has 0 unspecified atom stereocenters. The number of hydrogen-bond acceptors (Lipinski definition) is 1. The van der Waals surface area contributed by atoms with Gasteiger partial charge in [0.15, 0.2) is 0 Å². The molecule has 0 aromatic heterocycles. The van der Waals surface area contributed by atoms with E-state index in [-0.39, 0.29) is 11.6 Å². The van der Waals surface area contributed by atoms with Crippen molar-refractivity contribution in [2.45, 2.75) is 51.4 Å². The molecule has 94 valence electrons. The van der Waals surface area contributed by atoms with Gasteiger partial charge in [-0.05, 0) is 39.2 Å². The molecule has 1 nitrogen and oxygen atoms in total. The molecule has 2 heteroatoms. The minimum absolute atomic E-state index is 0.0979. The van der Waals surface area contributed by atoms with Crippen LogP contribution in [0.2, 0.25) is 0 Å². The molecular formula is C15H22FN. The lowest BCUT2D eigenvalue weighted by molar-refractivity contribution is 0.0192. The van der Waals surface area contributed by atoms with Gasteiger partial charge in [0.05, 0.1) is 0 Å². The summed E-state index contributed by atoms with van der Waals surface area (Å²) < 4.78 is 13.7. The first-order valence-electron chi connectivity index (χ1n) is 6.44. The van der Waals surface area contributed by atoms with Crippen LogP contribution >= 0.6 is 0 Å². The Kier molecular flexibility index (Phi) is 3.53. The number of piperidine rings is 1. The summed E-state index contributed by atoms with van der Waals surface area (Å²) in [7, 11) is 0. The summed E-state index contributed by atoms with van der Waals surface area (Å²) in [5, 5.41) is 0. The second kappa shape index (κ2) is 4.77. The molecule has 0 N–H and O–H groups in total. The van der Waals surface area contributed by atoms with E-state index in [0.29, 0.717) is 12.8 Å². The summed E-state index contributed by atoms with van der Waals surface area (Å²) in [6.07, 6.45) is 0.640. The van der Waals surface area contributed by atoms with Crippen LogP contribution in [0.5, 0.6) is 0 Å². The molecule has 1 heterocycles. The second-order valence-electron chi connectivity index (χ2n) is 5.91. The number of alkyl halides is 1. The topological polar surface area (TPSA) is 3.24 Å². The molecule has 1 saturated heterocycles. The predicted molar refractivity (Wildman–Crippen MR) is 69.8 cm³/mol. The van der Waals surface area contributed by atoms with Gasteiger partial charge in [0, 0.05) is 18.1 Å².